The van der Waals surface area contributed by atoms with E-state index in [0.717, 1.165) is 43.7 Å². The maximum Gasteiger partial charge on any atom is 0.123 e. The van der Waals surface area contributed by atoms with E-state index in [1.165, 1.54) is 6.07 Å². The number of benzene rings is 1. The van der Waals surface area contributed by atoms with Crippen molar-refractivity contribution in [2.45, 2.75) is 39.3 Å². The molecule has 2 unspecified atom stereocenters. The molecule has 18 heavy (non-hydrogen) atoms. The number of rotatable bonds is 5. The SMILES string of the molecule is CCC1OCCC1CNCc1cc(F)ccc1C. The van der Waals surface area contributed by atoms with E-state index >= 15 is 0 Å². The zero-order chi connectivity index (χ0) is 13.0. The Hall–Kier alpha value is -0.930. The Kier molecular flexibility index (Phi) is 4.72. The molecule has 1 fully saturated rings. The standard InChI is InChI=1S/C15H22FNO/c1-3-15-12(6-7-18-15)9-17-10-13-8-14(16)5-4-11(13)2/h4-5,8,12,15,17H,3,6-7,9-10H2,1-2H3. The fourth-order valence-corrected chi connectivity index (χ4v) is 2.60. The van der Waals surface area contributed by atoms with E-state index < -0.39 is 0 Å². The van der Waals surface area contributed by atoms with Gasteiger partial charge >= 0.3 is 0 Å². The van der Waals surface area contributed by atoms with Gasteiger partial charge in [-0.05, 0) is 48.9 Å². The molecule has 0 aromatic heterocycles. The van der Waals surface area contributed by atoms with Crippen molar-refractivity contribution >= 4 is 0 Å². The van der Waals surface area contributed by atoms with Crippen molar-refractivity contribution in [1.82, 2.24) is 5.32 Å². The van der Waals surface area contributed by atoms with Gasteiger partial charge in [-0.2, -0.15) is 0 Å². The number of nitrogens with one attached hydrogen (secondary N) is 1. The molecule has 1 N–H and O–H groups in total. The average molecular weight is 251 g/mol. The lowest BCUT2D eigenvalue weighted by Crippen LogP contribution is -2.28. The normalized spacial score (nSPS) is 23.5. The van der Waals surface area contributed by atoms with Gasteiger partial charge in [-0.3, -0.25) is 0 Å². The minimum absolute atomic E-state index is 0.159. The van der Waals surface area contributed by atoms with E-state index in [4.69, 9.17) is 4.74 Å². The second kappa shape index (κ2) is 6.30. The number of hydrogen-bond acceptors (Lipinski definition) is 2. The van der Waals surface area contributed by atoms with E-state index in [1.807, 2.05) is 13.0 Å². The predicted octanol–water partition coefficient (Wildman–Crippen LogP) is 3.04. The van der Waals surface area contributed by atoms with Gasteiger partial charge in [0, 0.05) is 19.7 Å². The largest absolute Gasteiger partial charge is 0.378 e. The van der Waals surface area contributed by atoms with Crippen LogP contribution in [0, 0.1) is 18.7 Å². The van der Waals surface area contributed by atoms with E-state index in [-0.39, 0.29) is 5.82 Å². The maximum absolute atomic E-state index is 13.1. The highest BCUT2D eigenvalue weighted by Gasteiger charge is 2.25. The van der Waals surface area contributed by atoms with Gasteiger partial charge in [0.05, 0.1) is 6.10 Å². The quantitative estimate of drug-likeness (QED) is 0.868. The van der Waals surface area contributed by atoms with Crippen LogP contribution in [0.1, 0.15) is 30.9 Å². The third kappa shape index (κ3) is 3.30. The Morgan fingerprint density at radius 3 is 3.06 bits per heavy atom. The van der Waals surface area contributed by atoms with Crippen molar-refractivity contribution in [1.29, 1.82) is 0 Å². The van der Waals surface area contributed by atoms with E-state index in [2.05, 4.69) is 12.2 Å². The molecular weight excluding hydrogens is 229 g/mol. The second-order valence-corrected chi connectivity index (χ2v) is 5.07. The molecule has 2 rings (SSSR count). The minimum Gasteiger partial charge on any atom is -0.378 e. The van der Waals surface area contributed by atoms with E-state index in [1.54, 1.807) is 6.07 Å². The minimum atomic E-state index is -0.159. The topological polar surface area (TPSA) is 21.3 Å². The molecule has 0 spiro atoms. The van der Waals surface area contributed by atoms with Crippen LogP contribution in [-0.4, -0.2) is 19.3 Å². The van der Waals surface area contributed by atoms with Gasteiger partial charge in [0.25, 0.3) is 0 Å². The summed E-state index contributed by atoms with van der Waals surface area (Å²) >= 11 is 0. The molecule has 1 saturated heterocycles. The molecule has 3 heteroatoms. The highest BCUT2D eigenvalue weighted by Crippen LogP contribution is 2.22. The van der Waals surface area contributed by atoms with Gasteiger partial charge < -0.3 is 10.1 Å². The smallest absolute Gasteiger partial charge is 0.123 e. The first-order valence-electron chi connectivity index (χ1n) is 6.78. The van der Waals surface area contributed by atoms with Crippen LogP contribution in [0.5, 0.6) is 0 Å². The van der Waals surface area contributed by atoms with Gasteiger partial charge in [-0.1, -0.05) is 13.0 Å². The van der Waals surface area contributed by atoms with Crippen LogP contribution in [0.15, 0.2) is 18.2 Å². The van der Waals surface area contributed by atoms with Crippen molar-refractivity contribution in [3.8, 4) is 0 Å². The summed E-state index contributed by atoms with van der Waals surface area (Å²) < 4.78 is 18.8. The van der Waals surface area contributed by atoms with Crippen molar-refractivity contribution in [3.05, 3.63) is 35.1 Å². The van der Waals surface area contributed by atoms with Crippen LogP contribution in [-0.2, 0) is 11.3 Å². The van der Waals surface area contributed by atoms with Crippen LogP contribution in [0.4, 0.5) is 4.39 Å². The molecular formula is C15H22FNO. The molecule has 1 heterocycles. The van der Waals surface area contributed by atoms with Gasteiger partial charge in [0.15, 0.2) is 0 Å². The Bertz CT molecular complexity index is 394. The molecule has 100 valence electrons. The molecule has 0 amide bonds. The number of ether oxygens (including phenoxy) is 1. The van der Waals surface area contributed by atoms with Crippen molar-refractivity contribution in [2.75, 3.05) is 13.2 Å². The molecule has 2 nitrogen and oxygen atoms in total. The lowest BCUT2D eigenvalue weighted by Gasteiger charge is -2.17. The lowest BCUT2D eigenvalue weighted by molar-refractivity contribution is 0.0872. The van der Waals surface area contributed by atoms with Gasteiger partial charge in [0.2, 0.25) is 0 Å². The Labute approximate surface area is 109 Å². The van der Waals surface area contributed by atoms with Crippen molar-refractivity contribution in [2.24, 2.45) is 5.92 Å². The first kappa shape index (κ1) is 13.5. The monoisotopic (exact) mass is 251 g/mol. The zero-order valence-corrected chi connectivity index (χ0v) is 11.2. The van der Waals surface area contributed by atoms with Gasteiger partial charge in [0.1, 0.15) is 5.82 Å². The van der Waals surface area contributed by atoms with E-state index in [0.29, 0.717) is 12.0 Å². The molecule has 0 aliphatic carbocycles. The summed E-state index contributed by atoms with van der Waals surface area (Å²) in [5, 5.41) is 3.43. The molecule has 1 aliphatic rings. The highest BCUT2D eigenvalue weighted by atomic mass is 19.1. The summed E-state index contributed by atoms with van der Waals surface area (Å²) in [4.78, 5) is 0. The molecule has 0 bridgehead atoms. The zero-order valence-electron chi connectivity index (χ0n) is 11.2. The van der Waals surface area contributed by atoms with Crippen LogP contribution in [0.25, 0.3) is 0 Å². The lowest BCUT2D eigenvalue weighted by atomic mass is 9.99. The molecule has 1 aromatic carbocycles. The third-order valence-electron chi connectivity index (χ3n) is 3.78. The van der Waals surface area contributed by atoms with Gasteiger partial charge in [-0.25, -0.2) is 4.39 Å². The number of aryl methyl sites for hydroxylation is 1. The Balaban J connectivity index is 1.83. The predicted molar refractivity (Wildman–Crippen MR) is 71.0 cm³/mol. The number of hydrogen-bond donors (Lipinski definition) is 1. The van der Waals surface area contributed by atoms with Gasteiger partial charge in [-0.15, -0.1) is 0 Å². The first-order chi connectivity index (χ1) is 8.70. The van der Waals surface area contributed by atoms with Crippen LogP contribution < -0.4 is 5.32 Å². The molecule has 2 atom stereocenters. The summed E-state index contributed by atoms with van der Waals surface area (Å²) in [7, 11) is 0. The molecule has 1 aliphatic heterocycles. The Morgan fingerprint density at radius 1 is 1.44 bits per heavy atom. The molecule has 0 radical (unpaired) electrons. The van der Waals surface area contributed by atoms with Crippen LogP contribution in [0.3, 0.4) is 0 Å². The molecule has 0 saturated carbocycles. The summed E-state index contributed by atoms with van der Waals surface area (Å²) in [6, 6.07) is 4.96. The molecule has 1 aromatic rings. The average Bonchev–Trinajstić information content (AvgIpc) is 2.81. The van der Waals surface area contributed by atoms with Crippen molar-refractivity contribution in [3.63, 3.8) is 0 Å². The summed E-state index contributed by atoms with van der Waals surface area (Å²) in [5.74, 6) is 0.442. The summed E-state index contributed by atoms with van der Waals surface area (Å²) in [6.07, 6.45) is 2.60. The van der Waals surface area contributed by atoms with Crippen LogP contribution in [0.2, 0.25) is 0 Å². The fourth-order valence-electron chi connectivity index (χ4n) is 2.60. The maximum atomic E-state index is 13.1. The van der Waals surface area contributed by atoms with Crippen molar-refractivity contribution < 1.29 is 9.13 Å². The second-order valence-electron chi connectivity index (χ2n) is 5.07. The third-order valence-corrected chi connectivity index (χ3v) is 3.78. The highest BCUT2D eigenvalue weighted by molar-refractivity contribution is 5.26. The Morgan fingerprint density at radius 2 is 2.28 bits per heavy atom. The number of halogens is 1. The fraction of sp³-hybridized carbons (Fsp3) is 0.600. The summed E-state index contributed by atoms with van der Waals surface area (Å²) in [5.41, 5.74) is 2.18. The first-order valence-corrected chi connectivity index (χ1v) is 6.78. The summed E-state index contributed by atoms with van der Waals surface area (Å²) in [6.45, 7) is 6.75. The van der Waals surface area contributed by atoms with Crippen LogP contribution >= 0.6 is 0 Å². The van der Waals surface area contributed by atoms with E-state index in [9.17, 15) is 4.39 Å².